The first-order valence-electron chi connectivity index (χ1n) is 6.50. The molecule has 0 aliphatic carbocycles. The van der Waals surface area contributed by atoms with E-state index < -0.39 is 0 Å². The molecule has 0 aliphatic heterocycles. The first-order chi connectivity index (χ1) is 8.72. The standard InChI is InChI=1S/C14H22ClN3.HI/c1-2-3-4-5-10-17-14(16)18-11-12-6-8-13(15)9-7-12;/h6-9H,2-5,10-11H2,1H3,(H3,16,17,18);1H. The minimum atomic E-state index is 0. The number of benzene rings is 1. The van der Waals surface area contributed by atoms with Crippen molar-refractivity contribution in [3.05, 3.63) is 34.9 Å². The molecule has 0 saturated carbocycles. The van der Waals surface area contributed by atoms with E-state index in [1.54, 1.807) is 0 Å². The third-order valence-electron chi connectivity index (χ3n) is 2.68. The van der Waals surface area contributed by atoms with Gasteiger partial charge in [0.1, 0.15) is 0 Å². The molecule has 0 heterocycles. The fraction of sp³-hybridized carbons (Fsp3) is 0.500. The molecule has 0 amide bonds. The Balaban J connectivity index is 0.00000324. The van der Waals surface area contributed by atoms with Crippen LogP contribution in [0.15, 0.2) is 29.3 Å². The minimum Gasteiger partial charge on any atom is -0.370 e. The predicted octanol–water partition coefficient (Wildman–Crippen LogP) is 3.94. The molecular formula is C14H23ClIN3. The summed E-state index contributed by atoms with van der Waals surface area (Å²) in [4.78, 5) is 4.28. The molecule has 1 aromatic rings. The van der Waals surface area contributed by atoms with Gasteiger partial charge in [-0.15, -0.1) is 24.0 Å². The lowest BCUT2D eigenvalue weighted by Crippen LogP contribution is -2.32. The van der Waals surface area contributed by atoms with E-state index in [2.05, 4.69) is 17.2 Å². The zero-order chi connectivity index (χ0) is 13.2. The van der Waals surface area contributed by atoms with Crippen molar-refractivity contribution in [2.24, 2.45) is 10.7 Å². The fourth-order valence-corrected chi connectivity index (χ4v) is 1.72. The van der Waals surface area contributed by atoms with Gasteiger partial charge in [-0.1, -0.05) is 49.9 Å². The number of nitrogens with zero attached hydrogens (tertiary/aromatic N) is 1. The molecule has 0 aliphatic rings. The summed E-state index contributed by atoms with van der Waals surface area (Å²) in [5.74, 6) is 0.515. The van der Waals surface area contributed by atoms with Crippen molar-refractivity contribution in [2.75, 3.05) is 6.54 Å². The second-order valence-electron chi connectivity index (χ2n) is 4.32. The van der Waals surface area contributed by atoms with E-state index in [4.69, 9.17) is 17.3 Å². The molecule has 3 N–H and O–H groups in total. The summed E-state index contributed by atoms with van der Waals surface area (Å²) in [7, 11) is 0. The Morgan fingerprint density at radius 2 is 1.89 bits per heavy atom. The summed E-state index contributed by atoms with van der Waals surface area (Å²) in [6, 6.07) is 7.64. The number of halogens is 2. The van der Waals surface area contributed by atoms with E-state index in [-0.39, 0.29) is 24.0 Å². The molecule has 0 radical (unpaired) electrons. The highest BCUT2D eigenvalue weighted by Gasteiger charge is 1.94. The molecule has 1 rings (SSSR count). The van der Waals surface area contributed by atoms with Crippen molar-refractivity contribution < 1.29 is 0 Å². The maximum Gasteiger partial charge on any atom is 0.188 e. The van der Waals surface area contributed by atoms with Crippen LogP contribution in [0.25, 0.3) is 0 Å². The Hall–Kier alpha value is -0.490. The van der Waals surface area contributed by atoms with Gasteiger partial charge in [0.25, 0.3) is 0 Å². The van der Waals surface area contributed by atoms with Crippen molar-refractivity contribution in [3.8, 4) is 0 Å². The number of guanidine groups is 1. The highest BCUT2D eigenvalue weighted by Crippen LogP contribution is 2.09. The molecule has 0 aromatic heterocycles. The van der Waals surface area contributed by atoms with Crippen LogP contribution in [0.2, 0.25) is 5.02 Å². The molecule has 5 heteroatoms. The molecule has 0 unspecified atom stereocenters. The third kappa shape index (κ3) is 9.10. The zero-order valence-corrected chi connectivity index (χ0v) is 14.4. The summed E-state index contributed by atoms with van der Waals surface area (Å²) in [6.45, 7) is 3.69. The van der Waals surface area contributed by atoms with E-state index >= 15 is 0 Å². The second-order valence-corrected chi connectivity index (χ2v) is 4.75. The number of nitrogens with two attached hydrogens (primary N) is 1. The fourth-order valence-electron chi connectivity index (χ4n) is 1.59. The van der Waals surface area contributed by atoms with Crippen LogP contribution in [-0.2, 0) is 6.54 Å². The van der Waals surface area contributed by atoms with Crippen LogP contribution < -0.4 is 11.1 Å². The number of hydrogen-bond acceptors (Lipinski definition) is 1. The highest BCUT2D eigenvalue weighted by molar-refractivity contribution is 14.0. The average molecular weight is 396 g/mol. The Labute approximate surface area is 138 Å². The van der Waals surface area contributed by atoms with Crippen LogP contribution in [0, 0.1) is 0 Å². The number of rotatable bonds is 7. The third-order valence-corrected chi connectivity index (χ3v) is 2.93. The summed E-state index contributed by atoms with van der Waals surface area (Å²) in [5.41, 5.74) is 6.89. The van der Waals surface area contributed by atoms with Gasteiger partial charge in [0.2, 0.25) is 0 Å². The van der Waals surface area contributed by atoms with Gasteiger partial charge in [-0.25, -0.2) is 4.99 Å². The smallest absolute Gasteiger partial charge is 0.188 e. The normalized spacial score (nSPS) is 10.9. The van der Waals surface area contributed by atoms with E-state index in [0.717, 1.165) is 23.6 Å². The van der Waals surface area contributed by atoms with Gasteiger partial charge in [0.05, 0.1) is 6.54 Å². The largest absolute Gasteiger partial charge is 0.370 e. The highest BCUT2D eigenvalue weighted by atomic mass is 127. The summed E-state index contributed by atoms with van der Waals surface area (Å²) < 4.78 is 0. The minimum absolute atomic E-state index is 0. The van der Waals surface area contributed by atoms with Crippen molar-refractivity contribution in [1.29, 1.82) is 0 Å². The first-order valence-corrected chi connectivity index (χ1v) is 6.88. The summed E-state index contributed by atoms with van der Waals surface area (Å²) >= 11 is 5.81. The van der Waals surface area contributed by atoms with E-state index in [1.807, 2.05) is 24.3 Å². The van der Waals surface area contributed by atoms with Gasteiger partial charge < -0.3 is 11.1 Å². The Kier molecular flexibility index (Phi) is 11.1. The van der Waals surface area contributed by atoms with Crippen LogP contribution in [0.3, 0.4) is 0 Å². The molecule has 19 heavy (non-hydrogen) atoms. The molecule has 0 atom stereocenters. The molecule has 3 nitrogen and oxygen atoms in total. The molecule has 0 saturated heterocycles. The molecule has 1 aromatic carbocycles. The van der Waals surface area contributed by atoms with Crippen molar-refractivity contribution >= 4 is 41.5 Å². The molecule has 108 valence electrons. The van der Waals surface area contributed by atoms with Crippen molar-refractivity contribution in [1.82, 2.24) is 5.32 Å². The number of nitrogens with one attached hydrogen (secondary N) is 1. The maximum absolute atomic E-state index is 5.81. The lowest BCUT2D eigenvalue weighted by atomic mass is 10.2. The Morgan fingerprint density at radius 3 is 2.53 bits per heavy atom. The quantitative estimate of drug-likeness (QED) is 0.318. The summed E-state index contributed by atoms with van der Waals surface area (Å²) in [6.07, 6.45) is 4.92. The maximum atomic E-state index is 5.81. The lowest BCUT2D eigenvalue weighted by Gasteiger charge is -2.05. The molecular weight excluding hydrogens is 373 g/mol. The van der Waals surface area contributed by atoms with E-state index in [0.29, 0.717) is 12.5 Å². The molecule has 0 bridgehead atoms. The van der Waals surface area contributed by atoms with Crippen molar-refractivity contribution in [3.63, 3.8) is 0 Å². The Morgan fingerprint density at radius 1 is 1.21 bits per heavy atom. The van der Waals surface area contributed by atoms with Gasteiger partial charge in [-0.05, 0) is 24.1 Å². The van der Waals surface area contributed by atoms with Crippen molar-refractivity contribution in [2.45, 2.75) is 39.2 Å². The molecule has 0 fully saturated rings. The van der Waals surface area contributed by atoms with E-state index in [1.165, 1.54) is 19.3 Å². The van der Waals surface area contributed by atoms with Crippen LogP contribution in [-0.4, -0.2) is 12.5 Å². The Bertz CT molecular complexity index is 365. The average Bonchev–Trinajstić information content (AvgIpc) is 2.38. The van der Waals surface area contributed by atoms with Gasteiger partial charge in [0, 0.05) is 11.6 Å². The summed E-state index contributed by atoms with van der Waals surface area (Å²) in [5, 5.41) is 3.87. The van der Waals surface area contributed by atoms with Gasteiger partial charge >= 0.3 is 0 Å². The van der Waals surface area contributed by atoms with Crippen LogP contribution >= 0.6 is 35.6 Å². The van der Waals surface area contributed by atoms with Gasteiger partial charge in [0.15, 0.2) is 5.96 Å². The van der Waals surface area contributed by atoms with E-state index in [9.17, 15) is 0 Å². The van der Waals surface area contributed by atoms with Gasteiger partial charge in [-0.3, -0.25) is 0 Å². The second kappa shape index (κ2) is 11.3. The van der Waals surface area contributed by atoms with Gasteiger partial charge in [-0.2, -0.15) is 0 Å². The number of aliphatic imine (C=N–C) groups is 1. The zero-order valence-electron chi connectivity index (χ0n) is 11.4. The van der Waals surface area contributed by atoms with Crippen LogP contribution in [0.4, 0.5) is 0 Å². The molecule has 0 spiro atoms. The van der Waals surface area contributed by atoms with Crippen LogP contribution in [0.5, 0.6) is 0 Å². The number of unbranched alkanes of at least 4 members (excludes halogenated alkanes) is 3. The predicted molar refractivity (Wildman–Crippen MR) is 94.3 cm³/mol. The number of hydrogen-bond donors (Lipinski definition) is 2. The topological polar surface area (TPSA) is 50.4 Å². The SMILES string of the molecule is CCCCCCNC(N)=NCc1ccc(Cl)cc1.I. The first kappa shape index (κ1) is 18.5. The lowest BCUT2D eigenvalue weighted by molar-refractivity contribution is 0.652. The monoisotopic (exact) mass is 395 g/mol. The van der Waals surface area contributed by atoms with Crippen LogP contribution in [0.1, 0.15) is 38.2 Å².